The van der Waals surface area contributed by atoms with Crippen molar-refractivity contribution in [3.63, 3.8) is 0 Å². The van der Waals surface area contributed by atoms with Crippen LogP contribution in [0.2, 0.25) is 0 Å². The molecule has 21 heavy (non-hydrogen) atoms. The predicted molar refractivity (Wildman–Crippen MR) is 86.5 cm³/mol. The number of carbonyl (C=O) groups is 1. The standard InChI is InChI=1S/C17H27N3O/c1-5-18-15-7-6-13(12-19-15)16(21)20(4)14-8-10-17(2,3)11-9-14/h6-7,12,14H,5,8-11H2,1-4H3,(H,18,19). The zero-order valence-corrected chi connectivity index (χ0v) is 13.6. The maximum atomic E-state index is 12.5. The lowest BCUT2D eigenvalue weighted by molar-refractivity contribution is 0.0635. The Balaban J connectivity index is 1.99. The van der Waals surface area contributed by atoms with E-state index in [0.717, 1.165) is 25.2 Å². The molecule has 1 N–H and O–H groups in total. The summed E-state index contributed by atoms with van der Waals surface area (Å²) in [5.41, 5.74) is 1.10. The molecule has 1 amide bonds. The van der Waals surface area contributed by atoms with Crippen LogP contribution in [0.25, 0.3) is 0 Å². The minimum absolute atomic E-state index is 0.0789. The second-order valence-corrected chi connectivity index (χ2v) is 6.77. The van der Waals surface area contributed by atoms with Gasteiger partial charge in [0.2, 0.25) is 0 Å². The summed E-state index contributed by atoms with van der Waals surface area (Å²) in [4.78, 5) is 18.7. The summed E-state index contributed by atoms with van der Waals surface area (Å²) in [6.07, 6.45) is 6.24. The number of carbonyl (C=O) groups excluding carboxylic acids is 1. The third-order valence-corrected chi connectivity index (χ3v) is 4.55. The van der Waals surface area contributed by atoms with Crippen LogP contribution in [0, 0.1) is 5.41 Å². The molecule has 0 saturated heterocycles. The highest BCUT2D eigenvalue weighted by atomic mass is 16.2. The van der Waals surface area contributed by atoms with Crippen molar-refractivity contribution in [2.45, 2.75) is 52.5 Å². The van der Waals surface area contributed by atoms with Crippen LogP contribution in [0.4, 0.5) is 5.82 Å². The van der Waals surface area contributed by atoms with Crippen molar-refractivity contribution in [1.29, 1.82) is 0 Å². The molecule has 0 bridgehead atoms. The third-order valence-electron chi connectivity index (χ3n) is 4.55. The van der Waals surface area contributed by atoms with E-state index in [-0.39, 0.29) is 5.91 Å². The van der Waals surface area contributed by atoms with Crippen molar-refractivity contribution in [3.8, 4) is 0 Å². The highest BCUT2D eigenvalue weighted by Gasteiger charge is 2.30. The largest absolute Gasteiger partial charge is 0.370 e. The molecule has 0 radical (unpaired) electrons. The summed E-state index contributed by atoms with van der Waals surface area (Å²) in [5, 5.41) is 3.14. The maximum Gasteiger partial charge on any atom is 0.255 e. The van der Waals surface area contributed by atoms with Crippen molar-refractivity contribution in [3.05, 3.63) is 23.9 Å². The first kappa shape index (κ1) is 15.8. The van der Waals surface area contributed by atoms with E-state index >= 15 is 0 Å². The van der Waals surface area contributed by atoms with Crippen LogP contribution in [0.3, 0.4) is 0 Å². The van der Waals surface area contributed by atoms with Gasteiger partial charge in [-0.25, -0.2) is 4.98 Å². The van der Waals surface area contributed by atoms with Gasteiger partial charge < -0.3 is 10.2 Å². The van der Waals surface area contributed by atoms with E-state index in [1.165, 1.54) is 12.8 Å². The van der Waals surface area contributed by atoms with Crippen molar-refractivity contribution in [1.82, 2.24) is 9.88 Å². The van der Waals surface area contributed by atoms with Crippen molar-refractivity contribution < 1.29 is 4.79 Å². The molecule has 4 heteroatoms. The first-order valence-electron chi connectivity index (χ1n) is 7.90. The molecule has 4 nitrogen and oxygen atoms in total. The quantitative estimate of drug-likeness (QED) is 0.922. The van der Waals surface area contributed by atoms with Crippen LogP contribution >= 0.6 is 0 Å². The molecule has 2 rings (SSSR count). The number of hydrogen-bond donors (Lipinski definition) is 1. The highest BCUT2D eigenvalue weighted by Crippen LogP contribution is 2.36. The molecule has 1 heterocycles. The number of nitrogens with one attached hydrogen (secondary N) is 1. The summed E-state index contributed by atoms with van der Waals surface area (Å²) in [5.74, 6) is 0.895. The minimum Gasteiger partial charge on any atom is -0.370 e. The fourth-order valence-corrected chi connectivity index (χ4v) is 2.95. The van der Waals surface area contributed by atoms with Crippen LogP contribution in [-0.4, -0.2) is 35.4 Å². The molecule has 0 aromatic carbocycles. The fourth-order valence-electron chi connectivity index (χ4n) is 2.95. The predicted octanol–water partition coefficient (Wildman–Crippen LogP) is 3.55. The number of rotatable bonds is 4. The summed E-state index contributed by atoms with van der Waals surface area (Å²) in [6.45, 7) is 7.49. The SMILES string of the molecule is CCNc1ccc(C(=O)N(C)C2CCC(C)(C)CC2)cn1. The van der Waals surface area contributed by atoms with Gasteiger partial charge in [-0.3, -0.25) is 4.79 Å². The van der Waals surface area contributed by atoms with E-state index < -0.39 is 0 Å². The molecule has 1 aromatic heterocycles. The first-order valence-corrected chi connectivity index (χ1v) is 7.90. The molecule has 0 atom stereocenters. The lowest BCUT2D eigenvalue weighted by Gasteiger charge is -2.38. The first-order chi connectivity index (χ1) is 9.93. The Morgan fingerprint density at radius 1 is 1.38 bits per heavy atom. The van der Waals surface area contributed by atoms with Gasteiger partial charge in [-0.15, -0.1) is 0 Å². The van der Waals surface area contributed by atoms with Crippen molar-refractivity contribution >= 4 is 11.7 Å². The van der Waals surface area contributed by atoms with Gasteiger partial charge >= 0.3 is 0 Å². The number of aromatic nitrogens is 1. The van der Waals surface area contributed by atoms with E-state index in [2.05, 4.69) is 24.1 Å². The van der Waals surface area contributed by atoms with E-state index in [9.17, 15) is 4.79 Å². The zero-order chi connectivity index (χ0) is 15.5. The number of anilines is 1. The molecule has 0 aliphatic heterocycles. The number of amides is 1. The number of hydrogen-bond acceptors (Lipinski definition) is 3. The smallest absolute Gasteiger partial charge is 0.255 e. The molecule has 1 aromatic rings. The fraction of sp³-hybridized carbons (Fsp3) is 0.647. The average Bonchev–Trinajstić information content (AvgIpc) is 2.47. The summed E-state index contributed by atoms with van der Waals surface area (Å²) in [7, 11) is 1.92. The number of nitrogens with zero attached hydrogens (tertiary/aromatic N) is 2. The summed E-state index contributed by atoms with van der Waals surface area (Å²) in [6, 6.07) is 4.09. The van der Waals surface area contributed by atoms with Gasteiger partial charge in [0.1, 0.15) is 5.82 Å². The maximum absolute atomic E-state index is 12.5. The van der Waals surface area contributed by atoms with Crippen molar-refractivity contribution in [2.75, 3.05) is 18.9 Å². The lowest BCUT2D eigenvalue weighted by atomic mass is 9.75. The van der Waals surface area contributed by atoms with Crippen LogP contribution in [-0.2, 0) is 0 Å². The van der Waals surface area contributed by atoms with Gasteiger partial charge in [0.25, 0.3) is 5.91 Å². The molecule has 1 saturated carbocycles. The van der Waals surface area contributed by atoms with E-state index in [1.54, 1.807) is 6.20 Å². The lowest BCUT2D eigenvalue weighted by Crippen LogP contribution is -2.40. The van der Waals surface area contributed by atoms with Gasteiger partial charge in [-0.2, -0.15) is 0 Å². The van der Waals surface area contributed by atoms with E-state index in [4.69, 9.17) is 0 Å². The molecule has 0 unspecified atom stereocenters. The molecule has 0 spiro atoms. The molecule has 1 aliphatic rings. The Kier molecular flexibility index (Phi) is 4.86. The van der Waals surface area contributed by atoms with Crippen LogP contribution in [0.15, 0.2) is 18.3 Å². The number of pyridine rings is 1. The molecular weight excluding hydrogens is 262 g/mol. The molecule has 1 aliphatic carbocycles. The Labute approximate surface area is 127 Å². The van der Waals surface area contributed by atoms with Crippen LogP contribution < -0.4 is 5.32 Å². The summed E-state index contributed by atoms with van der Waals surface area (Å²) < 4.78 is 0. The summed E-state index contributed by atoms with van der Waals surface area (Å²) >= 11 is 0. The molecular formula is C17H27N3O. The van der Waals surface area contributed by atoms with Gasteiger partial charge in [0.15, 0.2) is 0 Å². The second kappa shape index (κ2) is 6.46. The van der Waals surface area contributed by atoms with Gasteiger partial charge in [0, 0.05) is 25.8 Å². The Hall–Kier alpha value is -1.58. The van der Waals surface area contributed by atoms with Crippen LogP contribution in [0.1, 0.15) is 56.8 Å². The topological polar surface area (TPSA) is 45.2 Å². The van der Waals surface area contributed by atoms with Crippen LogP contribution in [0.5, 0.6) is 0 Å². The molecule has 1 fully saturated rings. The van der Waals surface area contributed by atoms with Crippen molar-refractivity contribution in [2.24, 2.45) is 5.41 Å². The second-order valence-electron chi connectivity index (χ2n) is 6.77. The van der Waals surface area contributed by atoms with Gasteiger partial charge in [0.05, 0.1) is 5.56 Å². The molecule has 116 valence electrons. The average molecular weight is 289 g/mol. The van der Waals surface area contributed by atoms with E-state index in [0.29, 0.717) is 17.0 Å². The normalized spacial score (nSPS) is 18.3. The minimum atomic E-state index is 0.0789. The van der Waals surface area contributed by atoms with E-state index in [1.807, 2.05) is 31.0 Å². The third kappa shape index (κ3) is 3.96. The zero-order valence-electron chi connectivity index (χ0n) is 13.6. The Morgan fingerprint density at radius 3 is 2.57 bits per heavy atom. The highest BCUT2D eigenvalue weighted by molar-refractivity contribution is 5.94. The van der Waals surface area contributed by atoms with Gasteiger partial charge in [-0.05, 0) is 50.2 Å². The monoisotopic (exact) mass is 289 g/mol. The van der Waals surface area contributed by atoms with Gasteiger partial charge in [-0.1, -0.05) is 13.8 Å². The Morgan fingerprint density at radius 2 is 2.05 bits per heavy atom. The Bertz CT molecular complexity index is 471.